The van der Waals surface area contributed by atoms with Gasteiger partial charge in [0.15, 0.2) is 6.61 Å². The zero-order chi connectivity index (χ0) is 14.4. The van der Waals surface area contributed by atoms with E-state index in [-0.39, 0.29) is 12.5 Å². The lowest BCUT2D eigenvalue weighted by Gasteiger charge is -2.09. The molecule has 0 saturated heterocycles. The summed E-state index contributed by atoms with van der Waals surface area (Å²) < 4.78 is 0.823. The molecule has 2 N–H and O–H groups in total. The summed E-state index contributed by atoms with van der Waals surface area (Å²) in [6.07, 6.45) is 0. The van der Waals surface area contributed by atoms with E-state index in [0.717, 1.165) is 9.35 Å². The summed E-state index contributed by atoms with van der Waals surface area (Å²) in [4.78, 5) is 17.8. The van der Waals surface area contributed by atoms with Crippen LogP contribution in [0.5, 0.6) is 0 Å². The van der Waals surface area contributed by atoms with E-state index in [1.165, 1.54) is 0 Å². The monoisotopic (exact) mass is 352 g/mol. The van der Waals surface area contributed by atoms with Crippen molar-refractivity contribution in [2.24, 2.45) is 0 Å². The van der Waals surface area contributed by atoms with Gasteiger partial charge in [-0.2, -0.15) is 0 Å². The van der Waals surface area contributed by atoms with Crippen molar-refractivity contribution in [2.75, 3.05) is 11.9 Å². The van der Waals surface area contributed by atoms with E-state index in [1.54, 1.807) is 17.4 Å². The minimum atomic E-state index is -0.247. The molecule has 1 aromatic carbocycles. The maximum atomic E-state index is 11.7. The Hall–Kier alpha value is -1.63. The summed E-state index contributed by atoms with van der Waals surface area (Å²) in [5.74, 6) is -0.247. The van der Waals surface area contributed by atoms with Gasteiger partial charge < -0.3 is 5.32 Å². The number of rotatable bonds is 6. The van der Waals surface area contributed by atoms with E-state index in [0.29, 0.717) is 11.4 Å². The third kappa shape index (κ3) is 4.19. The first kappa shape index (κ1) is 14.8. The van der Waals surface area contributed by atoms with E-state index in [9.17, 15) is 4.79 Å². The number of thiophene rings is 1. The molecule has 0 aliphatic carbocycles. The van der Waals surface area contributed by atoms with Gasteiger partial charge in [-0.05, 0) is 39.5 Å². The van der Waals surface area contributed by atoms with Gasteiger partial charge in [-0.15, -0.1) is 11.3 Å². The van der Waals surface area contributed by atoms with Gasteiger partial charge in [0.2, 0.25) is 0 Å². The number of halogens is 1. The second-order valence-electron chi connectivity index (χ2n) is 3.87. The van der Waals surface area contributed by atoms with Crippen LogP contribution in [0.4, 0.5) is 5.69 Å². The van der Waals surface area contributed by atoms with Crippen molar-refractivity contribution in [1.29, 1.82) is 0 Å². The molecule has 104 valence electrons. The van der Waals surface area contributed by atoms with Crippen LogP contribution >= 0.6 is 27.3 Å². The van der Waals surface area contributed by atoms with Crippen molar-refractivity contribution in [1.82, 2.24) is 5.48 Å². The number of nitrogens with one attached hydrogen (secondary N) is 2. The second-order valence-corrected chi connectivity index (χ2v) is 5.68. The molecule has 2 aromatic rings. The van der Waals surface area contributed by atoms with E-state index >= 15 is 0 Å². The standard InChI is InChI=1S/C14H13BrN2O2S/c1-10(13-7-4-8-20-13)17-19-9-14(18)16-12-6-3-2-5-11(12)15/h2-8,17H,1,9H2,(H,16,18). The van der Waals surface area contributed by atoms with Crippen molar-refractivity contribution in [3.63, 3.8) is 0 Å². The summed E-state index contributed by atoms with van der Waals surface area (Å²) in [6.45, 7) is 3.72. The predicted octanol–water partition coefficient (Wildman–Crippen LogP) is 3.64. The van der Waals surface area contributed by atoms with Crippen LogP contribution in [0.2, 0.25) is 0 Å². The molecule has 0 aliphatic rings. The minimum Gasteiger partial charge on any atom is -0.323 e. The largest absolute Gasteiger partial charge is 0.323 e. The lowest BCUT2D eigenvalue weighted by molar-refractivity contribution is -0.122. The van der Waals surface area contributed by atoms with Crippen molar-refractivity contribution in [3.05, 3.63) is 57.7 Å². The van der Waals surface area contributed by atoms with Crippen LogP contribution in [0, 0.1) is 0 Å². The van der Waals surface area contributed by atoms with Gasteiger partial charge >= 0.3 is 0 Å². The zero-order valence-electron chi connectivity index (χ0n) is 10.6. The molecule has 0 aliphatic heterocycles. The number of carbonyl (C=O) groups is 1. The smallest absolute Gasteiger partial charge is 0.253 e. The number of hydrogen-bond donors (Lipinski definition) is 2. The maximum Gasteiger partial charge on any atom is 0.253 e. The van der Waals surface area contributed by atoms with E-state index in [1.807, 2.05) is 35.7 Å². The Morgan fingerprint density at radius 3 is 2.80 bits per heavy atom. The molecule has 0 atom stereocenters. The molecule has 0 fully saturated rings. The molecule has 2 rings (SSSR count). The Balaban J connectivity index is 1.76. The number of hydrogen-bond acceptors (Lipinski definition) is 4. The van der Waals surface area contributed by atoms with Gasteiger partial charge in [-0.1, -0.05) is 24.8 Å². The molecule has 0 spiro atoms. The average Bonchev–Trinajstić information content (AvgIpc) is 2.95. The molecule has 1 amide bonds. The van der Waals surface area contributed by atoms with Crippen LogP contribution in [0.1, 0.15) is 4.88 Å². The van der Waals surface area contributed by atoms with Gasteiger partial charge in [-0.3, -0.25) is 15.1 Å². The summed E-state index contributed by atoms with van der Waals surface area (Å²) >= 11 is 4.90. The van der Waals surface area contributed by atoms with Crippen LogP contribution in [0.25, 0.3) is 5.70 Å². The highest BCUT2D eigenvalue weighted by atomic mass is 79.9. The summed E-state index contributed by atoms with van der Waals surface area (Å²) in [5, 5.41) is 4.69. The number of hydroxylamine groups is 1. The molecule has 6 heteroatoms. The number of carbonyl (C=O) groups excluding carboxylic acids is 1. The Morgan fingerprint density at radius 1 is 1.30 bits per heavy atom. The fraction of sp³-hybridized carbons (Fsp3) is 0.0714. The second kappa shape index (κ2) is 7.23. The van der Waals surface area contributed by atoms with Crippen LogP contribution in [-0.2, 0) is 9.63 Å². The lowest BCUT2D eigenvalue weighted by Crippen LogP contribution is -2.23. The molecular formula is C14H13BrN2O2S. The molecule has 1 heterocycles. The van der Waals surface area contributed by atoms with E-state index in [2.05, 4.69) is 33.3 Å². The van der Waals surface area contributed by atoms with Crippen molar-refractivity contribution in [2.45, 2.75) is 0 Å². The number of amides is 1. The Kier molecular flexibility index (Phi) is 5.34. The third-order valence-corrected chi connectivity index (χ3v) is 3.99. The molecule has 0 bridgehead atoms. The summed E-state index contributed by atoms with van der Waals surface area (Å²) in [5.41, 5.74) is 4.00. The van der Waals surface area contributed by atoms with Gasteiger partial charge in [0.25, 0.3) is 5.91 Å². The normalized spacial score (nSPS) is 10.1. The number of para-hydroxylation sites is 1. The molecule has 0 radical (unpaired) electrons. The topological polar surface area (TPSA) is 50.4 Å². The quantitative estimate of drug-likeness (QED) is 0.780. The molecule has 20 heavy (non-hydrogen) atoms. The fourth-order valence-corrected chi connectivity index (χ4v) is 2.47. The molecule has 1 aromatic heterocycles. The number of anilines is 1. The zero-order valence-corrected chi connectivity index (χ0v) is 13.0. The molecule has 4 nitrogen and oxygen atoms in total. The first-order chi connectivity index (χ1) is 9.66. The molecule has 0 saturated carbocycles. The highest BCUT2D eigenvalue weighted by Crippen LogP contribution is 2.21. The molecular weight excluding hydrogens is 340 g/mol. The Bertz CT molecular complexity index is 599. The number of benzene rings is 1. The van der Waals surface area contributed by atoms with E-state index < -0.39 is 0 Å². The van der Waals surface area contributed by atoms with Crippen LogP contribution in [-0.4, -0.2) is 12.5 Å². The van der Waals surface area contributed by atoms with Gasteiger partial charge in [0, 0.05) is 4.47 Å². The summed E-state index contributed by atoms with van der Waals surface area (Å²) in [7, 11) is 0. The Labute approximate surface area is 129 Å². The lowest BCUT2D eigenvalue weighted by atomic mass is 10.3. The van der Waals surface area contributed by atoms with Gasteiger partial charge in [0.05, 0.1) is 16.3 Å². The van der Waals surface area contributed by atoms with Gasteiger partial charge in [0.1, 0.15) is 0 Å². The molecule has 0 unspecified atom stereocenters. The highest BCUT2D eigenvalue weighted by molar-refractivity contribution is 9.10. The average molecular weight is 353 g/mol. The SMILES string of the molecule is C=C(NOCC(=O)Nc1ccccc1Br)c1cccs1. The van der Waals surface area contributed by atoms with Crippen LogP contribution in [0.15, 0.2) is 52.8 Å². The third-order valence-electron chi connectivity index (χ3n) is 2.37. The van der Waals surface area contributed by atoms with E-state index in [4.69, 9.17) is 4.84 Å². The first-order valence-electron chi connectivity index (χ1n) is 5.82. The van der Waals surface area contributed by atoms with Gasteiger partial charge in [-0.25, -0.2) is 0 Å². The minimum absolute atomic E-state index is 0.105. The van der Waals surface area contributed by atoms with Crippen LogP contribution < -0.4 is 10.8 Å². The van der Waals surface area contributed by atoms with Crippen molar-refractivity contribution in [3.8, 4) is 0 Å². The predicted molar refractivity (Wildman–Crippen MR) is 85.2 cm³/mol. The Morgan fingerprint density at radius 2 is 2.10 bits per heavy atom. The summed E-state index contributed by atoms with van der Waals surface area (Å²) in [6, 6.07) is 11.2. The first-order valence-corrected chi connectivity index (χ1v) is 7.49. The maximum absolute atomic E-state index is 11.7. The van der Waals surface area contributed by atoms with Crippen molar-refractivity contribution < 1.29 is 9.63 Å². The highest BCUT2D eigenvalue weighted by Gasteiger charge is 2.06. The van der Waals surface area contributed by atoms with Crippen LogP contribution in [0.3, 0.4) is 0 Å². The fourth-order valence-electron chi connectivity index (χ4n) is 1.44. The van der Waals surface area contributed by atoms with Crippen molar-refractivity contribution >= 4 is 44.6 Å².